The van der Waals surface area contributed by atoms with Crippen molar-refractivity contribution >= 4 is 11.9 Å². The quantitative estimate of drug-likeness (QED) is 0.0522. The zero-order valence-electron chi connectivity index (χ0n) is 31.8. The highest BCUT2D eigenvalue weighted by Gasteiger charge is 2.16. The van der Waals surface area contributed by atoms with Crippen LogP contribution in [0.5, 0.6) is 0 Å². The lowest BCUT2D eigenvalue weighted by Crippen LogP contribution is -2.28. The molecule has 0 rings (SSSR count). The van der Waals surface area contributed by atoms with E-state index in [1.807, 2.05) is 0 Å². The molecular weight excluding hydrogens is 584 g/mol. The third kappa shape index (κ3) is 37.6. The fraction of sp³-hybridized carbons (Fsp3) is 0.952. The molecular formula is C42H82O5. The van der Waals surface area contributed by atoms with Crippen LogP contribution in [0.1, 0.15) is 239 Å². The Morgan fingerprint density at radius 3 is 0.936 bits per heavy atom. The fourth-order valence-corrected chi connectivity index (χ4v) is 6.44. The van der Waals surface area contributed by atoms with Crippen molar-refractivity contribution in [2.75, 3.05) is 13.2 Å². The normalized spacial score (nSPS) is 12.0. The first-order chi connectivity index (χ1) is 23.1. The van der Waals surface area contributed by atoms with E-state index in [1.165, 1.54) is 180 Å². The molecule has 47 heavy (non-hydrogen) atoms. The van der Waals surface area contributed by atoms with Crippen LogP contribution in [0.15, 0.2) is 0 Å². The number of rotatable bonds is 39. The van der Waals surface area contributed by atoms with Crippen molar-refractivity contribution in [1.82, 2.24) is 0 Å². The number of unbranched alkanes of at least 4 members (excludes halogenated alkanes) is 31. The summed E-state index contributed by atoms with van der Waals surface area (Å²) in [5.41, 5.74) is 0. The Morgan fingerprint density at radius 1 is 0.404 bits per heavy atom. The van der Waals surface area contributed by atoms with Crippen molar-refractivity contribution in [2.45, 2.75) is 245 Å². The summed E-state index contributed by atoms with van der Waals surface area (Å²) in [6.07, 6.45) is 43.2. The zero-order chi connectivity index (χ0) is 34.3. The van der Waals surface area contributed by atoms with Crippen LogP contribution in [0, 0.1) is 0 Å². The van der Waals surface area contributed by atoms with Crippen LogP contribution in [0.4, 0.5) is 0 Å². The number of ether oxygens (including phenoxy) is 2. The van der Waals surface area contributed by atoms with Crippen molar-refractivity contribution in [3.8, 4) is 0 Å². The molecule has 5 heteroatoms. The molecule has 0 saturated carbocycles. The predicted octanol–water partition coefficient (Wildman–Crippen LogP) is 13.1. The first-order valence-corrected chi connectivity index (χ1v) is 21.1. The van der Waals surface area contributed by atoms with E-state index in [-0.39, 0.29) is 25.2 Å². The summed E-state index contributed by atoms with van der Waals surface area (Å²) >= 11 is 0. The first kappa shape index (κ1) is 45.9. The minimum atomic E-state index is -0.760. The van der Waals surface area contributed by atoms with Crippen LogP contribution in [0.3, 0.4) is 0 Å². The van der Waals surface area contributed by atoms with Crippen LogP contribution in [0.25, 0.3) is 0 Å². The number of hydrogen-bond donors (Lipinski definition) is 1. The van der Waals surface area contributed by atoms with Crippen molar-refractivity contribution in [2.24, 2.45) is 0 Å². The lowest BCUT2D eigenvalue weighted by atomic mass is 10.0. The van der Waals surface area contributed by atoms with Gasteiger partial charge in [0, 0.05) is 12.8 Å². The van der Waals surface area contributed by atoms with Crippen LogP contribution >= 0.6 is 0 Å². The summed E-state index contributed by atoms with van der Waals surface area (Å²) in [7, 11) is 0. The summed E-state index contributed by atoms with van der Waals surface area (Å²) in [6, 6.07) is 0. The largest absolute Gasteiger partial charge is 0.462 e. The second-order valence-corrected chi connectivity index (χ2v) is 14.4. The molecule has 0 aromatic carbocycles. The van der Waals surface area contributed by atoms with Crippen LogP contribution in [0.2, 0.25) is 0 Å². The second kappa shape index (κ2) is 39.3. The number of carbonyl (C=O) groups is 2. The third-order valence-electron chi connectivity index (χ3n) is 9.65. The summed E-state index contributed by atoms with van der Waals surface area (Å²) in [5, 5.41) is 9.54. The molecule has 0 fully saturated rings. The molecule has 0 aromatic rings. The van der Waals surface area contributed by atoms with E-state index in [2.05, 4.69) is 13.8 Å². The average molecular weight is 667 g/mol. The second-order valence-electron chi connectivity index (χ2n) is 14.4. The Balaban J connectivity index is 3.43. The van der Waals surface area contributed by atoms with Crippen molar-refractivity contribution < 1.29 is 24.2 Å². The van der Waals surface area contributed by atoms with Gasteiger partial charge in [-0.2, -0.15) is 0 Å². The molecule has 0 bridgehead atoms. The van der Waals surface area contributed by atoms with Crippen molar-refractivity contribution in [1.29, 1.82) is 0 Å². The summed E-state index contributed by atoms with van der Waals surface area (Å²) < 4.78 is 10.6. The van der Waals surface area contributed by atoms with Gasteiger partial charge < -0.3 is 14.6 Å². The van der Waals surface area contributed by atoms with Crippen molar-refractivity contribution in [3.63, 3.8) is 0 Å². The number of hydrogen-bond acceptors (Lipinski definition) is 5. The molecule has 0 aromatic heterocycles. The lowest BCUT2D eigenvalue weighted by Gasteiger charge is -2.15. The van der Waals surface area contributed by atoms with E-state index in [0.717, 1.165) is 32.1 Å². The Bertz CT molecular complexity index is 637. The molecule has 0 heterocycles. The van der Waals surface area contributed by atoms with Gasteiger partial charge in [0.1, 0.15) is 6.61 Å². The highest BCUT2D eigenvalue weighted by Crippen LogP contribution is 2.16. The minimum Gasteiger partial charge on any atom is -0.462 e. The van der Waals surface area contributed by atoms with E-state index < -0.39 is 6.10 Å². The molecule has 0 saturated heterocycles. The predicted molar refractivity (Wildman–Crippen MR) is 201 cm³/mol. The summed E-state index contributed by atoms with van der Waals surface area (Å²) in [5.74, 6) is -0.575. The summed E-state index contributed by atoms with van der Waals surface area (Å²) in [6.45, 7) is 4.16. The standard InChI is InChI=1S/C42H82O5/c1-3-5-7-9-11-13-15-16-17-18-19-20-21-22-23-24-25-27-28-30-32-34-36-41(44)46-39-40(38-43)47-42(45)37-35-33-31-29-26-14-12-10-8-6-4-2/h40,43H,3-39H2,1-2H3/t40-/m0/s1. The number of esters is 2. The topological polar surface area (TPSA) is 72.8 Å². The van der Waals surface area contributed by atoms with Crippen molar-refractivity contribution in [3.05, 3.63) is 0 Å². The van der Waals surface area contributed by atoms with E-state index in [1.54, 1.807) is 0 Å². The molecule has 1 N–H and O–H groups in total. The number of aliphatic hydroxyl groups is 1. The zero-order valence-corrected chi connectivity index (χ0v) is 31.8. The van der Waals surface area contributed by atoms with Gasteiger partial charge >= 0.3 is 11.9 Å². The van der Waals surface area contributed by atoms with Gasteiger partial charge in [0.05, 0.1) is 6.61 Å². The van der Waals surface area contributed by atoms with Gasteiger partial charge in [0.15, 0.2) is 6.10 Å². The fourth-order valence-electron chi connectivity index (χ4n) is 6.44. The minimum absolute atomic E-state index is 0.0569. The number of carbonyl (C=O) groups excluding carboxylic acids is 2. The molecule has 0 aliphatic carbocycles. The van der Waals surface area contributed by atoms with E-state index in [9.17, 15) is 14.7 Å². The number of aliphatic hydroxyl groups excluding tert-OH is 1. The highest BCUT2D eigenvalue weighted by atomic mass is 16.6. The van der Waals surface area contributed by atoms with E-state index in [4.69, 9.17) is 9.47 Å². The molecule has 0 radical (unpaired) electrons. The van der Waals surface area contributed by atoms with Gasteiger partial charge in [-0.25, -0.2) is 0 Å². The monoisotopic (exact) mass is 667 g/mol. The van der Waals surface area contributed by atoms with Gasteiger partial charge in [0.2, 0.25) is 0 Å². The van der Waals surface area contributed by atoms with Gasteiger partial charge in [-0.05, 0) is 12.8 Å². The van der Waals surface area contributed by atoms with Gasteiger partial charge in [-0.15, -0.1) is 0 Å². The van der Waals surface area contributed by atoms with Gasteiger partial charge in [0.25, 0.3) is 0 Å². The Labute approximate surface area is 293 Å². The molecule has 5 nitrogen and oxygen atoms in total. The lowest BCUT2D eigenvalue weighted by molar-refractivity contribution is -0.161. The molecule has 0 unspecified atom stereocenters. The first-order valence-electron chi connectivity index (χ1n) is 21.1. The Morgan fingerprint density at radius 2 is 0.660 bits per heavy atom. The maximum atomic E-state index is 12.1. The summed E-state index contributed by atoms with van der Waals surface area (Å²) in [4.78, 5) is 24.2. The molecule has 280 valence electrons. The molecule has 0 spiro atoms. The van der Waals surface area contributed by atoms with Crippen LogP contribution in [-0.2, 0) is 19.1 Å². The van der Waals surface area contributed by atoms with Gasteiger partial charge in [-0.1, -0.05) is 213 Å². The molecule has 0 aliphatic rings. The third-order valence-corrected chi connectivity index (χ3v) is 9.65. The van der Waals surface area contributed by atoms with E-state index >= 15 is 0 Å². The maximum Gasteiger partial charge on any atom is 0.306 e. The molecule has 0 aliphatic heterocycles. The molecule has 1 atom stereocenters. The van der Waals surface area contributed by atoms with E-state index in [0.29, 0.717) is 12.8 Å². The van der Waals surface area contributed by atoms with Gasteiger partial charge in [-0.3, -0.25) is 9.59 Å². The maximum absolute atomic E-state index is 12.1. The molecule has 0 amide bonds. The smallest absolute Gasteiger partial charge is 0.306 e. The SMILES string of the molecule is CCCCCCCCCCCCCCCCCCCCCCCCC(=O)OC[C@H](CO)OC(=O)CCCCCCCCCCCCC. The van der Waals surface area contributed by atoms with Crippen LogP contribution < -0.4 is 0 Å². The average Bonchev–Trinajstić information content (AvgIpc) is 3.07. The highest BCUT2D eigenvalue weighted by molar-refractivity contribution is 5.70. The Hall–Kier alpha value is -1.10. The van der Waals surface area contributed by atoms with Crippen LogP contribution in [-0.4, -0.2) is 36.4 Å². The Kier molecular flexibility index (Phi) is 38.4.